The van der Waals surface area contributed by atoms with Crippen LogP contribution in [0.25, 0.3) is 11.1 Å². The topological polar surface area (TPSA) is 133 Å². The monoisotopic (exact) mass is 584 g/mol. The number of esters is 1. The number of ether oxygens (including phenoxy) is 5. The molecule has 2 atom stereocenters. The van der Waals surface area contributed by atoms with Crippen molar-refractivity contribution in [2.75, 3.05) is 35.0 Å². The SMILES string of the molecule is COc1cc2c(c(OC)c1OC)-c1ccc(OC)c(=O)cc1[C@@H](NC(=O)COC(=O)[C@H]1CC(C)(C)N(O)C1(C)C)CC2. The van der Waals surface area contributed by atoms with Crippen molar-refractivity contribution in [1.82, 2.24) is 10.4 Å². The highest BCUT2D eigenvalue weighted by atomic mass is 16.5. The van der Waals surface area contributed by atoms with Crippen LogP contribution in [-0.2, 0) is 20.7 Å². The molecule has 11 nitrogen and oxygen atoms in total. The maximum atomic E-state index is 13.2. The lowest BCUT2D eigenvalue weighted by molar-refractivity contribution is -0.200. The molecule has 1 aliphatic carbocycles. The number of rotatable bonds is 8. The lowest BCUT2D eigenvalue weighted by Crippen LogP contribution is -2.48. The van der Waals surface area contributed by atoms with Gasteiger partial charge in [0.2, 0.25) is 11.2 Å². The second-order valence-electron chi connectivity index (χ2n) is 11.8. The number of hydroxylamine groups is 2. The van der Waals surface area contributed by atoms with Crippen LogP contribution < -0.4 is 29.7 Å². The van der Waals surface area contributed by atoms with E-state index in [2.05, 4.69) is 5.32 Å². The molecule has 0 saturated carbocycles. The standard InChI is InChI=1S/C31H40N2O9/c1-30(2)15-20(31(3,4)33(30)37)29(36)42-16-25(35)32-21-11-9-17-13-24(39-6)27(40-7)28(41-8)26(17)18-10-12-23(38-5)22(34)14-19(18)21/h10,12-14,20-21,37H,9,11,15-16H2,1-8H3,(H,32,35)/t20-,21+/m1/s1. The first kappa shape index (κ1) is 31.1. The molecule has 1 heterocycles. The Morgan fingerprint density at radius 2 is 1.64 bits per heavy atom. The van der Waals surface area contributed by atoms with Gasteiger partial charge in [0.25, 0.3) is 5.91 Å². The summed E-state index contributed by atoms with van der Waals surface area (Å²) in [5.41, 5.74) is 0.974. The smallest absolute Gasteiger partial charge is 0.311 e. The zero-order valence-corrected chi connectivity index (χ0v) is 25.5. The summed E-state index contributed by atoms with van der Waals surface area (Å²) < 4.78 is 27.7. The number of carbonyl (C=O) groups excluding carboxylic acids is 2. The molecule has 2 aliphatic rings. The first-order valence-electron chi connectivity index (χ1n) is 13.8. The van der Waals surface area contributed by atoms with Crippen LogP contribution in [0.4, 0.5) is 0 Å². The van der Waals surface area contributed by atoms with Gasteiger partial charge in [0, 0.05) is 11.1 Å². The summed E-state index contributed by atoms with van der Waals surface area (Å²) in [5, 5.41) is 14.7. The molecule has 11 heteroatoms. The Labute approximate surface area is 245 Å². The number of nitrogens with one attached hydrogen (secondary N) is 1. The van der Waals surface area contributed by atoms with Crippen LogP contribution in [0, 0.1) is 5.92 Å². The highest BCUT2D eigenvalue weighted by molar-refractivity contribution is 5.85. The fourth-order valence-corrected chi connectivity index (χ4v) is 6.23. The molecule has 1 fully saturated rings. The molecule has 2 N–H and O–H groups in total. The van der Waals surface area contributed by atoms with E-state index in [4.69, 9.17) is 23.7 Å². The molecular formula is C31H40N2O9. The summed E-state index contributed by atoms with van der Waals surface area (Å²) in [5.74, 6) is -0.227. The molecule has 2 aromatic carbocycles. The van der Waals surface area contributed by atoms with Crippen molar-refractivity contribution in [2.24, 2.45) is 5.92 Å². The molecule has 0 radical (unpaired) electrons. The summed E-state index contributed by atoms with van der Waals surface area (Å²) in [6.45, 7) is 6.71. The molecule has 0 unspecified atom stereocenters. The zero-order chi connectivity index (χ0) is 31.0. The van der Waals surface area contributed by atoms with Gasteiger partial charge in [-0.25, -0.2) is 0 Å². The van der Waals surface area contributed by atoms with Crippen molar-refractivity contribution in [1.29, 1.82) is 0 Å². The van der Waals surface area contributed by atoms with Crippen LogP contribution in [0.1, 0.15) is 57.7 Å². The predicted octanol–water partition coefficient (Wildman–Crippen LogP) is 3.66. The van der Waals surface area contributed by atoms with Crippen molar-refractivity contribution in [3.8, 4) is 34.1 Å². The van der Waals surface area contributed by atoms with Gasteiger partial charge in [0.1, 0.15) is 0 Å². The minimum absolute atomic E-state index is 0.142. The Kier molecular flexibility index (Phi) is 8.75. The number of methoxy groups -OCH3 is 4. The number of fused-ring (bicyclic) bond motifs is 3. The molecule has 1 aliphatic heterocycles. The molecule has 0 aromatic heterocycles. The fourth-order valence-electron chi connectivity index (χ4n) is 6.23. The molecule has 1 amide bonds. The third-order valence-corrected chi connectivity index (χ3v) is 8.36. The molecule has 1 saturated heterocycles. The summed E-state index contributed by atoms with van der Waals surface area (Å²) in [6.07, 6.45) is 1.33. The van der Waals surface area contributed by atoms with Crippen molar-refractivity contribution >= 4 is 11.9 Å². The summed E-state index contributed by atoms with van der Waals surface area (Å²) in [6, 6.07) is 6.07. The van der Waals surface area contributed by atoms with Crippen LogP contribution in [0.5, 0.6) is 23.0 Å². The molecule has 4 rings (SSSR count). The van der Waals surface area contributed by atoms with Gasteiger partial charge in [-0.05, 0) is 81.8 Å². The van der Waals surface area contributed by atoms with Crippen molar-refractivity contribution in [3.63, 3.8) is 0 Å². The van der Waals surface area contributed by atoms with Gasteiger partial charge in [-0.2, -0.15) is 5.06 Å². The van der Waals surface area contributed by atoms with E-state index in [0.29, 0.717) is 53.2 Å². The third-order valence-electron chi connectivity index (χ3n) is 8.36. The van der Waals surface area contributed by atoms with Crippen molar-refractivity contribution in [3.05, 3.63) is 45.6 Å². The first-order chi connectivity index (χ1) is 19.8. The lowest BCUT2D eigenvalue weighted by Gasteiger charge is -2.35. The van der Waals surface area contributed by atoms with Crippen LogP contribution in [0.15, 0.2) is 29.1 Å². The minimum atomic E-state index is -0.859. The van der Waals surface area contributed by atoms with Crippen LogP contribution in [0.2, 0.25) is 0 Å². The van der Waals surface area contributed by atoms with Gasteiger partial charge < -0.3 is 34.2 Å². The Morgan fingerprint density at radius 3 is 2.21 bits per heavy atom. The first-order valence-corrected chi connectivity index (χ1v) is 13.8. The quantitative estimate of drug-likeness (QED) is 0.443. The second-order valence-corrected chi connectivity index (χ2v) is 11.8. The van der Waals surface area contributed by atoms with E-state index in [1.54, 1.807) is 33.1 Å². The average Bonchev–Trinajstić information content (AvgIpc) is 3.10. The number of carbonyl (C=O) groups is 2. The zero-order valence-electron chi connectivity index (χ0n) is 25.5. The van der Waals surface area contributed by atoms with E-state index >= 15 is 0 Å². The average molecular weight is 585 g/mol. The number of hydrogen-bond acceptors (Lipinski definition) is 10. The number of hydrogen-bond donors (Lipinski definition) is 2. The molecule has 42 heavy (non-hydrogen) atoms. The van der Waals surface area contributed by atoms with Crippen LogP contribution >= 0.6 is 0 Å². The maximum Gasteiger partial charge on any atom is 0.311 e. The van der Waals surface area contributed by atoms with E-state index in [9.17, 15) is 19.6 Å². The molecule has 228 valence electrons. The summed E-state index contributed by atoms with van der Waals surface area (Å²) in [4.78, 5) is 39.2. The van der Waals surface area contributed by atoms with Crippen LogP contribution in [-0.4, -0.2) is 68.3 Å². The lowest BCUT2D eigenvalue weighted by atomic mass is 9.87. The Hall–Kier alpha value is -3.83. The number of amides is 1. The van der Waals surface area contributed by atoms with Crippen LogP contribution in [0.3, 0.4) is 0 Å². The molecule has 2 aromatic rings. The van der Waals surface area contributed by atoms with Gasteiger partial charge in [0.15, 0.2) is 23.9 Å². The predicted molar refractivity (Wildman–Crippen MR) is 154 cm³/mol. The Bertz CT molecular complexity index is 1440. The van der Waals surface area contributed by atoms with E-state index < -0.39 is 41.5 Å². The molecule has 0 spiro atoms. The van der Waals surface area contributed by atoms with Crippen molar-refractivity contribution in [2.45, 2.75) is 64.1 Å². The third kappa shape index (κ3) is 5.50. The number of aryl methyl sites for hydroxylation is 1. The summed E-state index contributed by atoms with van der Waals surface area (Å²) >= 11 is 0. The highest BCUT2D eigenvalue weighted by Crippen LogP contribution is 2.50. The largest absolute Gasteiger partial charge is 0.493 e. The number of nitrogens with zero attached hydrogens (tertiary/aromatic N) is 1. The van der Waals surface area contributed by atoms with Gasteiger partial charge >= 0.3 is 5.97 Å². The van der Waals surface area contributed by atoms with Gasteiger partial charge in [-0.1, -0.05) is 6.07 Å². The second kappa shape index (κ2) is 11.8. The minimum Gasteiger partial charge on any atom is -0.493 e. The molecular weight excluding hydrogens is 544 g/mol. The fraction of sp³-hybridized carbons (Fsp3) is 0.516. The highest BCUT2D eigenvalue weighted by Gasteiger charge is 2.55. The van der Waals surface area contributed by atoms with E-state index in [1.807, 2.05) is 19.9 Å². The Balaban J connectivity index is 1.67. The van der Waals surface area contributed by atoms with Crippen molar-refractivity contribution < 1.29 is 38.5 Å². The van der Waals surface area contributed by atoms with E-state index in [1.165, 1.54) is 32.5 Å². The van der Waals surface area contributed by atoms with E-state index in [0.717, 1.165) is 5.56 Å². The maximum absolute atomic E-state index is 13.2. The molecule has 0 bridgehead atoms. The summed E-state index contributed by atoms with van der Waals surface area (Å²) in [7, 11) is 6.00. The van der Waals surface area contributed by atoms with E-state index in [-0.39, 0.29) is 11.2 Å². The number of benzene rings is 1. The van der Waals surface area contributed by atoms with Gasteiger partial charge in [0.05, 0.1) is 45.9 Å². The Morgan fingerprint density at radius 1 is 0.976 bits per heavy atom. The normalized spacial score (nSPS) is 20.4. The van der Waals surface area contributed by atoms with Gasteiger partial charge in [-0.15, -0.1) is 0 Å². The van der Waals surface area contributed by atoms with Gasteiger partial charge in [-0.3, -0.25) is 14.4 Å².